The molecule has 0 bridgehead atoms. The Bertz CT molecular complexity index is 790. The maximum Gasteiger partial charge on any atom is 0.352 e. The normalized spacial score (nSPS) is 21.7. The Kier molecular flexibility index (Phi) is 5.64. The van der Waals surface area contributed by atoms with Gasteiger partial charge in [-0.05, 0) is 23.7 Å². The van der Waals surface area contributed by atoms with Crippen LogP contribution in [0.15, 0.2) is 28.8 Å². The summed E-state index contributed by atoms with van der Waals surface area (Å²) in [6, 6.07) is 3.00. The Morgan fingerprint density at radius 2 is 2.27 bits per heavy atom. The van der Waals surface area contributed by atoms with E-state index in [-0.39, 0.29) is 24.6 Å². The topological polar surface area (TPSA) is 95.9 Å². The van der Waals surface area contributed by atoms with Crippen LogP contribution in [0.5, 0.6) is 0 Å². The van der Waals surface area contributed by atoms with Gasteiger partial charge in [-0.25, -0.2) is 4.79 Å². The number of thiocarbonyl (C=S) groups is 1. The molecule has 0 radical (unpaired) electrons. The van der Waals surface area contributed by atoms with Crippen molar-refractivity contribution in [2.75, 3.05) is 12.4 Å². The van der Waals surface area contributed by atoms with Crippen LogP contribution in [0, 0.1) is 0 Å². The first-order valence-corrected chi connectivity index (χ1v) is 10.1. The molecule has 0 aromatic carbocycles. The number of nitrogens with one attached hydrogen (secondary N) is 1. The van der Waals surface area contributed by atoms with Crippen LogP contribution in [0.2, 0.25) is 0 Å². The van der Waals surface area contributed by atoms with E-state index < -0.39 is 23.3 Å². The van der Waals surface area contributed by atoms with E-state index in [1.165, 1.54) is 28.0 Å². The molecule has 0 spiro atoms. The minimum absolute atomic E-state index is 0.0376. The minimum atomic E-state index is -1.19. The second kappa shape index (κ2) is 7.77. The number of carbonyl (C=O) groups is 3. The first-order valence-electron chi connectivity index (χ1n) is 7.73. The van der Waals surface area contributed by atoms with Gasteiger partial charge in [0.1, 0.15) is 23.7 Å². The van der Waals surface area contributed by atoms with Crippen molar-refractivity contribution in [2.24, 2.45) is 0 Å². The maximum absolute atomic E-state index is 12.5. The molecule has 10 heteroatoms. The summed E-state index contributed by atoms with van der Waals surface area (Å²) >= 11 is 7.72. The molecular weight excluding hydrogens is 396 g/mol. The molecule has 2 atom stereocenters. The Morgan fingerprint density at radius 1 is 1.50 bits per heavy atom. The second-order valence-corrected chi connectivity index (χ2v) is 8.46. The molecule has 0 saturated carbocycles. The number of β-lactam (4-membered cyclic amide) rings is 1. The minimum Gasteiger partial charge on any atom is -0.483 e. The van der Waals surface area contributed by atoms with Gasteiger partial charge in [0.05, 0.1) is 6.42 Å². The zero-order valence-electron chi connectivity index (χ0n) is 13.8. The average Bonchev–Trinajstić information content (AvgIpc) is 3.09. The van der Waals surface area contributed by atoms with Gasteiger partial charge >= 0.3 is 5.97 Å². The number of ether oxygens (including phenoxy) is 1. The number of carbonyl (C=O) groups excluding carboxylic acids is 2. The van der Waals surface area contributed by atoms with E-state index in [9.17, 15) is 19.5 Å². The lowest BCUT2D eigenvalue weighted by molar-refractivity contribution is -0.150. The molecule has 3 heterocycles. The highest BCUT2D eigenvalue weighted by molar-refractivity contribution is 8.00. The zero-order chi connectivity index (χ0) is 18.8. The van der Waals surface area contributed by atoms with Gasteiger partial charge < -0.3 is 15.2 Å². The van der Waals surface area contributed by atoms with Crippen LogP contribution in [0.4, 0.5) is 0 Å². The lowest BCUT2D eigenvalue weighted by Gasteiger charge is -2.49. The average molecular weight is 413 g/mol. The van der Waals surface area contributed by atoms with E-state index in [1.807, 2.05) is 17.5 Å². The fourth-order valence-electron chi connectivity index (χ4n) is 2.78. The quantitative estimate of drug-likeness (QED) is 0.538. The van der Waals surface area contributed by atoms with E-state index in [1.54, 1.807) is 6.92 Å². The van der Waals surface area contributed by atoms with E-state index in [4.69, 9.17) is 17.0 Å². The van der Waals surface area contributed by atoms with E-state index >= 15 is 0 Å². The molecular formula is C16H16N2O5S3. The lowest BCUT2D eigenvalue weighted by atomic mass is 10.0. The molecule has 7 nitrogen and oxygen atoms in total. The van der Waals surface area contributed by atoms with Crippen molar-refractivity contribution in [3.8, 4) is 0 Å². The maximum atomic E-state index is 12.5. The number of hydrogen-bond acceptors (Lipinski definition) is 7. The van der Waals surface area contributed by atoms with Crippen molar-refractivity contribution in [1.82, 2.24) is 10.2 Å². The van der Waals surface area contributed by atoms with E-state index in [0.717, 1.165) is 4.88 Å². The van der Waals surface area contributed by atoms with Crippen LogP contribution in [0.3, 0.4) is 0 Å². The van der Waals surface area contributed by atoms with E-state index in [0.29, 0.717) is 16.4 Å². The number of nitrogens with zero attached hydrogens (tertiary/aromatic N) is 1. The standard InChI is InChI=1S/C16H16N2O5S3/c1-8(24)23-6-9-7-26-15-12(14(20)18(15)13(9)16(21)22)17-11(19)5-10-3-2-4-25-10/h2-4,12,15H,5-7H2,1H3,(H,17,19)(H,21,22)/t12?,15-/m1/s1. The number of carboxylic acid groups (broad SMARTS) is 1. The molecule has 1 unspecified atom stereocenters. The molecule has 2 aliphatic rings. The molecule has 1 aromatic heterocycles. The summed E-state index contributed by atoms with van der Waals surface area (Å²) in [5, 5.41) is 14.0. The molecule has 2 amide bonds. The number of rotatable bonds is 6. The number of hydrogen-bond donors (Lipinski definition) is 2. The monoisotopic (exact) mass is 412 g/mol. The van der Waals surface area contributed by atoms with Gasteiger partial charge in [-0.2, -0.15) is 0 Å². The van der Waals surface area contributed by atoms with E-state index in [2.05, 4.69) is 5.32 Å². The molecule has 138 valence electrons. The van der Waals surface area contributed by atoms with Crippen molar-refractivity contribution in [3.05, 3.63) is 33.7 Å². The fourth-order valence-corrected chi connectivity index (χ4v) is 4.87. The van der Waals surface area contributed by atoms with Gasteiger partial charge in [-0.1, -0.05) is 6.07 Å². The SMILES string of the molecule is CC(=S)OCC1=C(C(=O)O)N2C(=O)C(NC(=O)Cc3cccs3)[C@H]2SC1. The van der Waals surface area contributed by atoms with Crippen molar-refractivity contribution < 1.29 is 24.2 Å². The number of aliphatic carboxylic acids is 1. The Balaban J connectivity index is 1.69. The summed E-state index contributed by atoms with van der Waals surface area (Å²) in [5.41, 5.74) is 0.429. The molecule has 0 aliphatic carbocycles. The summed E-state index contributed by atoms with van der Waals surface area (Å²) in [4.78, 5) is 38.4. The van der Waals surface area contributed by atoms with Crippen molar-refractivity contribution in [3.63, 3.8) is 0 Å². The van der Waals surface area contributed by atoms with Crippen molar-refractivity contribution in [2.45, 2.75) is 24.8 Å². The number of fused-ring (bicyclic) bond motifs is 1. The van der Waals surface area contributed by atoms with Gasteiger partial charge in [-0.3, -0.25) is 14.5 Å². The predicted molar refractivity (Wildman–Crippen MR) is 102 cm³/mol. The van der Waals surface area contributed by atoms with Gasteiger partial charge in [0.15, 0.2) is 5.05 Å². The van der Waals surface area contributed by atoms with Gasteiger partial charge in [0.2, 0.25) is 5.91 Å². The zero-order valence-corrected chi connectivity index (χ0v) is 16.2. The molecule has 26 heavy (non-hydrogen) atoms. The van der Waals surface area contributed by atoms with Crippen LogP contribution in [0.1, 0.15) is 11.8 Å². The number of carboxylic acids is 1. The first kappa shape index (κ1) is 18.9. The molecule has 1 fully saturated rings. The van der Waals surface area contributed by atoms with Crippen LogP contribution in [0.25, 0.3) is 0 Å². The van der Waals surface area contributed by atoms with Crippen LogP contribution < -0.4 is 5.32 Å². The molecule has 3 rings (SSSR count). The highest BCUT2D eigenvalue weighted by Gasteiger charge is 2.54. The number of thiophene rings is 1. The molecule has 1 aromatic rings. The third-order valence-electron chi connectivity index (χ3n) is 3.93. The third-order valence-corrected chi connectivity index (χ3v) is 6.26. The van der Waals surface area contributed by atoms with Crippen LogP contribution in [-0.4, -0.2) is 56.6 Å². The number of thioether (sulfide) groups is 1. The van der Waals surface area contributed by atoms with Crippen molar-refractivity contribution >= 4 is 58.2 Å². The van der Waals surface area contributed by atoms with Gasteiger partial charge in [-0.15, -0.1) is 23.1 Å². The molecule has 1 saturated heterocycles. The smallest absolute Gasteiger partial charge is 0.352 e. The van der Waals surface area contributed by atoms with Crippen LogP contribution in [-0.2, 0) is 25.5 Å². The summed E-state index contributed by atoms with van der Waals surface area (Å²) in [7, 11) is 0. The first-order chi connectivity index (χ1) is 12.4. The third kappa shape index (κ3) is 3.76. The summed E-state index contributed by atoms with van der Waals surface area (Å²) < 4.78 is 5.25. The molecule has 2 N–H and O–H groups in total. The highest BCUT2D eigenvalue weighted by atomic mass is 32.2. The largest absolute Gasteiger partial charge is 0.483 e. The Morgan fingerprint density at radius 3 is 2.88 bits per heavy atom. The van der Waals surface area contributed by atoms with Crippen LogP contribution >= 0.6 is 35.3 Å². The Labute approximate surface area is 163 Å². The van der Waals surface area contributed by atoms with Gasteiger partial charge in [0, 0.05) is 23.1 Å². The summed E-state index contributed by atoms with van der Waals surface area (Å²) in [6.07, 6.45) is 0.202. The molecule has 2 aliphatic heterocycles. The summed E-state index contributed by atoms with van der Waals surface area (Å²) in [5.74, 6) is -1.46. The summed E-state index contributed by atoms with van der Waals surface area (Å²) in [6.45, 7) is 1.64. The number of amides is 2. The fraction of sp³-hybridized carbons (Fsp3) is 0.375. The van der Waals surface area contributed by atoms with Gasteiger partial charge in [0.25, 0.3) is 5.91 Å². The lowest BCUT2D eigenvalue weighted by Crippen LogP contribution is -2.70. The van der Waals surface area contributed by atoms with Crippen molar-refractivity contribution in [1.29, 1.82) is 0 Å². The predicted octanol–water partition coefficient (Wildman–Crippen LogP) is 1.39. The highest BCUT2D eigenvalue weighted by Crippen LogP contribution is 2.40. The Hall–Kier alpha value is -1.91. The second-order valence-electron chi connectivity index (χ2n) is 5.75.